The molecule has 0 saturated heterocycles. The SMILES string of the molecule is COc1ccc(OC)c(C(=O)NC(c2ccccc2)C2CC2)c1. The van der Waals surface area contributed by atoms with Gasteiger partial charge in [-0.05, 0) is 42.5 Å². The summed E-state index contributed by atoms with van der Waals surface area (Å²) in [6.07, 6.45) is 2.30. The van der Waals surface area contributed by atoms with Crippen LogP contribution in [0.25, 0.3) is 0 Å². The first-order valence-corrected chi connectivity index (χ1v) is 7.80. The van der Waals surface area contributed by atoms with Gasteiger partial charge in [-0.1, -0.05) is 30.3 Å². The monoisotopic (exact) mass is 311 g/mol. The molecule has 1 saturated carbocycles. The number of hydrogen-bond acceptors (Lipinski definition) is 3. The second kappa shape index (κ2) is 6.73. The van der Waals surface area contributed by atoms with Crippen molar-refractivity contribution in [3.63, 3.8) is 0 Å². The predicted molar refractivity (Wildman–Crippen MR) is 88.9 cm³/mol. The van der Waals surface area contributed by atoms with Crippen molar-refractivity contribution in [3.05, 3.63) is 59.7 Å². The van der Waals surface area contributed by atoms with E-state index in [2.05, 4.69) is 17.4 Å². The molecule has 3 rings (SSSR count). The summed E-state index contributed by atoms with van der Waals surface area (Å²) in [5.74, 6) is 1.56. The van der Waals surface area contributed by atoms with Gasteiger partial charge in [0.2, 0.25) is 0 Å². The van der Waals surface area contributed by atoms with Gasteiger partial charge in [-0.15, -0.1) is 0 Å². The summed E-state index contributed by atoms with van der Waals surface area (Å²) in [5.41, 5.74) is 1.64. The second-order valence-corrected chi connectivity index (χ2v) is 5.77. The summed E-state index contributed by atoms with van der Waals surface area (Å²) in [5, 5.41) is 3.16. The Balaban J connectivity index is 1.85. The Bertz CT molecular complexity index is 680. The van der Waals surface area contributed by atoms with Gasteiger partial charge in [-0.3, -0.25) is 4.79 Å². The van der Waals surface area contributed by atoms with Crippen molar-refractivity contribution in [3.8, 4) is 11.5 Å². The van der Waals surface area contributed by atoms with E-state index in [9.17, 15) is 4.79 Å². The molecule has 4 heteroatoms. The van der Waals surface area contributed by atoms with Gasteiger partial charge in [0.25, 0.3) is 5.91 Å². The number of rotatable bonds is 6. The van der Waals surface area contributed by atoms with Crippen LogP contribution in [0, 0.1) is 5.92 Å². The average molecular weight is 311 g/mol. The van der Waals surface area contributed by atoms with Crippen molar-refractivity contribution in [2.24, 2.45) is 5.92 Å². The molecular formula is C19H21NO3. The zero-order valence-electron chi connectivity index (χ0n) is 13.4. The van der Waals surface area contributed by atoms with E-state index < -0.39 is 0 Å². The molecule has 0 spiro atoms. The lowest BCUT2D eigenvalue weighted by atomic mass is 10.0. The largest absolute Gasteiger partial charge is 0.497 e. The lowest BCUT2D eigenvalue weighted by Gasteiger charge is -2.20. The first-order chi connectivity index (χ1) is 11.2. The highest BCUT2D eigenvalue weighted by Gasteiger charge is 2.33. The second-order valence-electron chi connectivity index (χ2n) is 5.77. The number of methoxy groups -OCH3 is 2. The van der Waals surface area contributed by atoms with E-state index in [0.29, 0.717) is 23.0 Å². The van der Waals surface area contributed by atoms with Crippen LogP contribution in [-0.2, 0) is 0 Å². The van der Waals surface area contributed by atoms with Gasteiger partial charge >= 0.3 is 0 Å². The summed E-state index contributed by atoms with van der Waals surface area (Å²) in [7, 11) is 3.15. The molecule has 4 nitrogen and oxygen atoms in total. The number of carbonyl (C=O) groups is 1. The summed E-state index contributed by atoms with van der Waals surface area (Å²) >= 11 is 0. The number of nitrogens with one attached hydrogen (secondary N) is 1. The Labute approximate surface area is 136 Å². The van der Waals surface area contributed by atoms with Crippen molar-refractivity contribution in [2.45, 2.75) is 18.9 Å². The highest BCUT2D eigenvalue weighted by molar-refractivity contribution is 5.97. The van der Waals surface area contributed by atoms with Crippen LogP contribution in [0.3, 0.4) is 0 Å². The maximum absolute atomic E-state index is 12.8. The molecule has 1 unspecified atom stereocenters. The molecule has 2 aromatic carbocycles. The van der Waals surface area contributed by atoms with Crippen molar-refractivity contribution < 1.29 is 14.3 Å². The molecule has 120 valence electrons. The van der Waals surface area contributed by atoms with E-state index in [0.717, 1.165) is 18.4 Å². The molecule has 0 bridgehead atoms. The standard InChI is InChI=1S/C19H21NO3/c1-22-15-10-11-17(23-2)16(12-15)19(21)20-18(14-8-9-14)13-6-4-3-5-7-13/h3-7,10-12,14,18H,8-9H2,1-2H3,(H,20,21). The van der Waals surface area contributed by atoms with E-state index in [-0.39, 0.29) is 11.9 Å². The fraction of sp³-hybridized carbons (Fsp3) is 0.316. The van der Waals surface area contributed by atoms with Gasteiger partial charge in [0.1, 0.15) is 11.5 Å². The first-order valence-electron chi connectivity index (χ1n) is 7.80. The Morgan fingerprint density at radius 3 is 2.43 bits per heavy atom. The topological polar surface area (TPSA) is 47.6 Å². The van der Waals surface area contributed by atoms with Crippen molar-refractivity contribution in [2.75, 3.05) is 14.2 Å². The van der Waals surface area contributed by atoms with Crippen LogP contribution in [0.15, 0.2) is 48.5 Å². The van der Waals surface area contributed by atoms with E-state index >= 15 is 0 Å². The van der Waals surface area contributed by atoms with Gasteiger partial charge in [-0.2, -0.15) is 0 Å². The van der Waals surface area contributed by atoms with Gasteiger partial charge < -0.3 is 14.8 Å². The molecular weight excluding hydrogens is 290 g/mol. The van der Waals surface area contributed by atoms with Crippen molar-refractivity contribution >= 4 is 5.91 Å². The predicted octanol–water partition coefficient (Wildman–Crippen LogP) is 3.58. The normalized spacial score (nSPS) is 14.9. The van der Waals surface area contributed by atoms with Gasteiger partial charge in [0, 0.05) is 0 Å². The minimum Gasteiger partial charge on any atom is -0.497 e. The minimum absolute atomic E-state index is 0.0413. The fourth-order valence-electron chi connectivity index (χ4n) is 2.77. The van der Waals surface area contributed by atoms with Crippen LogP contribution < -0.4 is 14.8 Å². The zero-order chi connectivity index (χ0) is 16.2. The summed E-state index contributed by atoms with van der Waals surface area (Å²) in [6.45, 7) is 0. The highest BCUT2D eigenvalue weighted by atomic mass is 16.5. The average Bonchev–Trinajstić information content (AvgIpc) is 3.44. The molecule has 0 aromatic heterocycles. The van der Waals surface area contributed by atoms with Crippen LogP contribution in [0.1, 0.15) is 34.8 Å². The number of benzene rings is 2. The molecule has 1 N–H and O–H groups in total. The molecule has 1 fully saturated rings. The summed E-state index contributed by atoms with van der Waals surface area (Å²) < 4.78 is 10.5. The third-order valence-corrected chi connectivity index (χ3v) is 4.19. The van der Waals surface area contributed by atoms with Gasteiger partial charge in [0.15, 0.2) is 0 Å². The van der Waals surface area contributed by atoms with Crippen molar-refractivity contribution in [1.82, 2.24) is 5.32 Å². The Morgan fingerprint density at radius 1 is 1.09 bits per heavy atom. The molecule has 1 aliphatic rings. The molecule has 23 heavy (non-hydrogen) atoms. The first kappa shape index (κ1) is 15.4. The fourth-order valence-corrected chi connectivity index (χ4v) is 2.77. The molecule has 1 amide bonds. The van der Waals surface area contributed by atoms with E-state index in [1.807, 2.05) is 18.2 Å². The molecule has 2 aromatic rings. The lowest BCUT2D eigenvalue weighted by Crippen LogP contribution is -2.30. The van der Waals surface area contributed by atoms with Gasteiger partial charge in [0.05, 0.1) is 25.8 Å². The third kappa shape index (κ3) is 3.47. The maximum Gasteiger partial charge on any atom is 0.255 e. The van der Waals surface area contributed by atoms with Crippen molar-refractivity contribution in [1.29, 1.82) is 0 Å². The smallest absolute Gasteiger partial charge is 0.255 e. The van der Waals surface area contributed by atoms with Crippen LogP contribution >= 0.6 is 0 Å². The van der Waals surface area contributed by atoms with E-state index in [1.165, 1.54) is 0 Å². The molecule has 0 radical (unpaired) electrons. The van der Waals surface area contributed by atoms with Crippen LogP contribution in [-0.4, -0.2) is 20.1 Å². The van der Waals surface area contributed by atoms with Crippen LogP contribution in [0.2, 0.25) is 0 Å². The van der Waals surface area contributed by atoms with E-state index in [1.54, 1.807) is 32.4 Å². The number of amides is 1. The highest BCUT2D eigenvalue weighted by Crippen LogP contribution is 2.41. The Kier molecular flexibility index (Phi) is 4.51. The summed E-state index contributed by atoms with van der Waals surface area (Å²) in [6, 6.07) is 15.4. The molecule has 0 heterocycles. The number of hydrogen-bond donors (Lipinski definition) is 1. The quantitative estimate of drug-likeness (QED) is 0.887. The van der Waals surface area contributed by atoms with Crippen LogP contribution in [0.4, 0.5) is 0 Å². The Hall–Kier alpha value is -2.49. The van der Waals surface area contributed by atoms with Gasteiger partial charge in [-0.25, -0.2) is 0 Å². The third-order valence-electron chi connectivity index (χ3n) is 4.19. The van der Waals surface area contributed by atoms with E-state index in [4.69, 9.17) is 9.47 Å². The minimum atomic E-state index is -0.137. The Morgan fingerprint density at radius 2 is 1.83 bits per heavy atom. The number of ether oxygens (including phenoxy) is 2. The molecule has 1 atom stereocenters. The zero-order valence-corrected chi connectivity index (χ0v) is 13.4. The maximum atomic E-state index is 12.8. The lowest BCUT2D eigenvalue weighted by molar-refractivity contribution is 0.0928. The molecule has 1 aliphatic carbocycles. The van der Waals surface area contributed by atoms with Crippen LogP contribution in [0.5, 0.6) is 11.5 Å². The number of carbonyl (C=O) groups excluding carboxylic acids is 1. The summed E-state index contributed by atoms with van der Waals surface area (Å²) in [4.78, 5) is 12.8. The molecule has 0 aliphatic heterocycles.